The Hall–Kier alpha value is -2.59. The fourth-order valence-electron chi connectivity index (χ4n) is 7.35. The van der Waals surface area contributed by atoms with Crippen molar-refractivity contribution in [3.8, 4) is 0 Å². The lowest BCUT2D eigenvalue weighted by molar-refractivity contribution is 0.00897. The summed E-state index contributed by atoms with van der Waals surface area (Å²) in [4.78, 5) is 18.9. The van der Waals surface area contributed by atoms with E-state index in [9.17, 15) is 4.79 Å². The minimum atomic E-state index is -0.331. The largest absolute Gasteiger partial charge is 0.329 e. The molecule has 0 aromatic heterocycles. The maximum atomic E-state index is 14.3. The second kappa shape index (κ2) is 9.86. The van der Waals surface area contributed by atoms with Crippen LogP contribution >= 0.6 is 23.2 Å². The van der Waals surface area contributed by atoms with E-state index < -0.39 is 0 Å². The van der Waals surface area contributed by atoms with Crippen LogP contribution in [0.3, 0.4) is 0 Å². The fraction of sp³-hybridized carbons (Fsp3) is 0.364. The molecule has 1 amide bonds. The Kier molecular flexibility index (Phi) is 6.66. The van der Waals surface area contributed by atoms with Crippen LogP contribution < -0.4 is 0 Å². The first kappa shape index (κ1) is 25.7. The maximum absolute atomic E-state index is 14.3. The molecule has 0 atom stereocenters. The molecule has 1 aliphatic heterocycles. The highest BCUT2D eigenvalue weighted by molar-refractivity contribution is 6.39. The first-order valence-corrected chi connectivity index (χ1v) is 14.4. The molecule has 1 fully saturated rings. The molecule has 196 valence electrons. The number of hydrogen-bond donors (Lipinski definition) is 0. The van der Waals surface area contributed by atoms with E-state index in [2.05, 4.69) is 78.5 Å². The van der Waals surface area contributed by atoms with Gasteiger partial charge in [-0.25, -0.2) is 0 Å². The van der Waals surface area contributed by atoms with Crippen LogP contribution in [-0.4, -0.2) is 47.4 Å². The van der Waals surface area contributed by atoms with Crippen molar-refractivity contribution < 1.29 is 4.79 Å². The summed E-state index contributed by atoms with van der Waals surface area (Å²) >= 11 is 13.2. The molecule has 0 N–H and O–H groups in total. The first-order valence-electron chi connectivity index (χ1n) is 13.6. The number of halogens is 2. The lowest BCUT2D eigenvalue weighted by atomic mass is 9.64. The van der Waals surface area contributed by atoms with Crippen molar-refractivity contribution in [2.45, 2.75) is 56.0 Å². The van der Waals surface area contributed by atoms with E-state index >= 15 is 0 Å². The standard InChI is InChI=1S/C33H34Cl2N2O/c1-36(2)32(22-23-9-4-3-5-10-23)16-18-33(19-17-32)27-21-24-11-6-7-12-25(24)26(27)15-20-37(33)31(38)30-28(34)13-8-14-29(30)35/h3-14H,15-22H2,1-2H3. The van der Waals surface area contributed by atoms with E-state index in [1.165, 1.54) is 27.8 Å². The average molecular weight is 546 g/mol. The maximum Gasteiger partial charge on any atom is 0.257 e. The van der Waals surface area contributed by atoms with Crippen LogP contribution in [0.15, 0.2) is 78.4 Å². The number of fused-ring (bicyclic) bond motifs is 3. The summed E-state index contributed by atoms with van der Waals surface area (Å²) in [5.41, 5.74) is 7.17. The molecule has 0 saturated heterocycles. The lowest BCUT2D eigenvalue weighted by Crippen LogP contribution is -2.61. The number of benzene rings is 3. The molecule has 3 aromatic rings. The van der Waals surface area contributed by atoms with Gasteiger partial charge >= 0.3 is 0 Å². The molecule has 3 nitrogen and oxygen atoms in total. The third kappa shape index (κ3) is 4.11. The molecule has 5 heteroatoms. The quantitative estimate of drug-likeness (QED) is 0.335. The van der Waals surface area contributed by atoms with Crippen molar-refractivity contribution in [3.05, 3.63) is 111 Å². The second-order valence-electron chi connectivity index (χ2n) is 11.4. The predicted octanol–water partition coefficient (Wildman–Crippen LogP) is 7.71. The van der Waals surface area contributed by atoms with Crippen LogP contribution in [0.25, 0.3) is 5.57 Å². The second-order valence-corrected chi connectivity index (χ2v) is 12.2. The Bertz CT molecular complexity index is 1380. The molecule has 0 bridgehead atoms. The van der Waals surface area contributed by atoms with Crippen molar-refractivity contribution >= 4 is 34.7 Å². The van der Waals surface area contributed by atoms with Gasteiger partial charge in [-0.05, 0) is 99.0 Å². The van der Waals surface area contributed by atoms with Gasteiger partial charge in [-0.2, -0.15) is 0 Å². The molecule has 1 heterocycles. The van der Waals surface area contributed by atoms with Crippen LogP contribution in [0.5, 0.6) is 0 Å². The molecule has 38 heavy (non-hydrogen) atoms. The summed E-state index contributed by atoms with van der Waals surface area (Å²) in [5.74, 6) is -0.0384. The molecule has 1 saturated carbocycles. The topological polar surface area (TPSA) is 23.6 Å². The third-order valence-electron chi connectivity index (χ3n) is 9.49. The number of nitrogens with zero attached hydrogens (tertiary/aromatic N) is 2. The molecule has 2 aliphatic carbocycles. The predicted molar refractivity (Wildman–Crippen MR) is 157 cm³/mol. The molecule has 0 unspecified atom stereocenters. The van der Waals surface area contributed by atoms with Gasteiger partial charge in [-0.3, -0.25) is 4.79 Å². The van der Waals surface area contributed by atoms with E-state index in [-0.39, 0.29) is 17.0 Å². The highest BCUT2D eigenvalue weighted by atomic mass is 35.5. The zero-order chi connectivity index (χ0) is 26.5. The summed E-state index contributed by atoms with van der Waals surface area (Å²) < 4.78 is 0. The Morgan fingerprint density at radius 3 is 2.21 bits per heavy atom. The van der Waals surface area contributed by atoms with E-state index in [1.807, 2.05) is 0 Å². The number of amides is 1. The number of carbonyl (C=O) groups excluding carboxylic acids is 1. The van der Waals surface area contributed by atoms with E-state index in [1.54, 1.807) is 18.2 Å². The number of rotatable bonds is 4. The van der Waals surface area contributed by atoms with Gasteiger partial charge in [-0.1, -0.05) is 83.9 Å². The highest BCUT2D eigenvalue weighted by Crippen LogP contribution is 2.54. The van der Waals surface area contributed by atoms with Gasteiger partial charge in [0.2, 0.25) is 0 Å². The van der Waals surface area contributed by atoms with Crippen molar-refractivity contribution in [3.63, 3.8) is 0 Å². The van der Waals surface area contributed by atoms with Crippen LogP contribution in [0.2, 0.25) is 10.0 Å². The van der Waals surface area contributed by atoms with E-state index in [0.29, 0.717) is 22.2 Å². The van der Waals surface area contributed by atoms with Crippen LogP contribution in [0, 0.1) is 0 Å². The van der Waals surface area contributed by atoms with Crippen LogP contribution in [0.4, 0.5) is 0 Å². The lowest BCUT2D eigenvalue weighted by Gasteiger charge is -2.56. The normalized spacial score (nSPS) is 24.6. The zero-order valence-electron chi connectivity index (χ0n) is 22.1. The molecular weight excluding hydrogens is 511 g/mol. The summed E-state index contributed by atoms with van der Waals surface area (Å²) in [6.07, 6.45) is 6.68. The summed E-state index contributed by atoms with van der Waals surface area (Å²) in [7, 11) is 4.43. The summed E-state index contributed by atoms with van der Waals surface area (Å²) in [6.45, 7) is 0.682. The molecule has 1 spiro atoms. The molecule has 6 rings (SSSR count). The molecular formula is C33H34Cl2N2O. The van der Waals surface area contributed by atoms with Gasteiger partial charge in [0.1, 0.15) is 0 Å². The monoisotopic (exact) mass is 544 g/mol. The number of hydrogen-bond acceptors (Lipinski definition) is 2. The highest BCUT2D eigenvalue weighted by Gasteiger charge is 2.53. The Morgan fingerprint density at radius 1 is 0.868 bits per heavy atom. The Balaban J connectivity index is 1.41. The van der Waals surface area contributed by atoms with Gasteiger partial charge in [0, 0.05) is 12.1 Å². The fourth-order valence-corrected chi connectivity index (χ4v) is 7.91. The van der Waals surface area contributed by atoms with Gasteiger partial charge in [-0.15, -0.1) is 0 Å². The van der Waals surface area contributed by atoms with Crippen LogP contribution in [-0.2, 0) is 12.8 Å². The number of likely N-dealkylation sites (N-methyl/N-ethyl adjacent to an activating group) is 1. The molecule has 3 aliphatic rings. The Labute approximate surface area is 236 Å². The van der Waals surface area contributed by atoms with Crippen molar-refractivity contribution in [1.82, 2.24) is 9.80 Å². The van der Waals surface area contributed by atoms with E-state index in [4.69, 9.17) is 23.2 Å². The van der Waals surface area contributed by atoms with Gasteiger partial charge in [0.25, 0.3) is 5.91 Å². The van der Waals surface area contributed by atoms with Crippen molar-refractivity contribution in [2.75, 3.05) is 20.6 Å². The first-order chi connectivity index (χ1) is 18.3. The summed E-state index contributed by atoms with van der Waals surface area (Å²) in [5, 5.41) is 0.851. The zero-order valence-corrected chi connectivity index (χ0v) is 23.7. The SMILES string of the molecule is CN(C)C1(Cc2ccccc2)CCC2(CC1)C1=C(CCN2C(=O)c2c(Cl)cccc2Cl)c2ccccc2C1. The Morgan fingerprint density at radius 2 is 1.53 bits per heavy atom. The minimum absolute atomic E-state index is 0.0384. The van der Waals surface area contributed by atoms with E-state index in [0.717, 1.165) is 44.9 Å². The molecule has 0 radical (unpaired) electrons. The van der Waals surface area contributed by atoms with Crippen molar-refractivity contribution in [1.29, 1.82) is 0 Å². The van der Waals surface area contributed by atoms with Crippen molar-refractivity contribution in [2.24, 2.45) is 0 Å². The smallest absolute Gasteiger partial charge is 0.257 e. The van der Waals surface area contributed by atoms with Gasteiger partial charge in [0.15, 0.2) is 0 Å². The molecule has 3 aromatic carbocycles. The average Bonchev–Trinajstić information content (AvgIpc) is 3.30. The number of carbonyl (C=O) groups is 1. The van der Waals surface area contributed by atoms with Crippen LogP contribution in [0.1, 0.15) is 59.2 Å². The third-order valence-corrected chi connectivity index (χ3v) is 10.1. The summed E-state index contributed by atoms with van der Waals surface area (Å²) in [6, 6.07) is 24.9. The minimum Gasteiger partial charge on any atom is -0.329 e. The van der Waals surface area contributed by atoms with Gasteiger partial charge in [0.05, 0.1) is 21.1 Å². The van der Waals surface area contributed by atoms with Gasteiger partial charge < -0.3 is 9.80 Å².